The van der Waals surface area contributed by atoms with Gasteiger partial charge in [-0.05, 0) is 39.4 Å². The molecule has 1 aliphatic rings. The lowest BCUT2D eigenvalue weighted by Crippen LogP contribution is -2.25. The average molecular weight is 243 g/mol. The van der Waals surface area contributed by atoms with Gasteiger partial charge in [0, 0.05) is 17.1 Å². The zero-order valence-electron chi connectivity index (χ0n) is 9.41. The lowest BCUT2D eigenvalue weighted by molar-refractivity contribution is 0.632. The van der Waals surface area contributed by atoms with Crippen LogP contribution in [0.15, 0.2) is 0 Å². The summed E-state index contributed by atoms with van der Waals surface area (Å²) in [6, 6.07) is 0. The van der Waals surface area contributed by atoms with Crippen LogP contribution in [-0.2, 0) is 0 Å². The number of thioether (sulfide) groups is 1. The molecule has 1 unspecified atom stereocenters. The SMILES string of the molecule is CC(C)(C)Nc1nc(C2CCCS2)ns1. The van der Waals surface area contributed by atoms with Crippen LogP contribution in [0.5, 0.6) is 0 Å². The highest BCUT2D eigenvalue weighted by molar-refractivity contribution is 7.99. The van der Waals surface area contributed by atoms with Gasteiger partial charge in [-0.3, -0.25) is 0 Å². The molecule has 0 radical (unpaired) electrons. The minimum absolute atomic E-state index is 0.0691. The third-order valence-electron chi connectivity index (χ3n) is 2.14. The molecular formula is C10H17N3S2. The van der Waals surface area contributed by atoms with Crippen LogP contribution in [0.1, 0.15) is 44.7 Å². The predicted octanol–water partition coefficient (Wildman–Crippen LogP) is 3.32. The van der Waals surface area contributed by atoms with E-state index in [1.54, 1.807) is 0 Å². The summed E-state index contributed by atoms with van der Waals surface area (Å²) in [5.41, 5.74) is 0.0691. The highest BCUT2D eigenvalue weighted by Gasteiger charge is 2.22. The quantitative estimate of drug-likeness (QED) is 0.864. The predicted molar refractivity (Wildman–Crippen MR) is 67.7 cm³/mol. The van der Waals surface area contributed by atoms with Crippen LogP contribution in [0, 0.1) is 0 Å². The van der Waals surface area contributed by atoms with Crippen molar-refractivity contribution in [1.82, 2.24) is 9.36 Å². The molecule has 0 bridgehead atoms. The molecule has 1 aliphatic heterocycles. The molecule has 0 spiro atoms. The highest BCUT2D eigenvalue weighted by atomic mass is 32.2. The molecular weight excluding hydrogens is 226 g/mol. The Balaban J connectivity index is 2.03. The molecule has 0 aromatic carbocycles. The van der Waals surface area contributed by atoms with Gasteiger partial charge in [-0.2, -0.15) is 16.1 Å². The first-order valence-corrected chi connectivity index (χ1v) is 7.10. The van der Waals surface area contributed by atoms with Crippen LogP contribution in [-0.4, -0.2) is 20.6 Å². The van der Waals surface area contributed by atoms with E-state index in [9.17, 15) is 0 Å². The van der Waals surface area contributed by atoms with Crippen molar-refractivity contribution in [2.75, 3.05) is 11.1 Å². The van der Waals surface area contributed by atoms with Gasteiger partial charge in [-0.1, -0.05) is 0 Å². The summed E-state index contributed by atoms with van der Waals surface area (Å²) in [4.78, 5) is 4.55. The Morgan fingerprint density at radius 1 is 1.40 bits per heavy atom. The second kappa shape index (κ2) is 4.29. The number of rotatable bonds is 2. The molecule has 5 heteroatoms. The molecule has 1 saturated heterocycles. The smallest absolute Gasteiger partial charge is 0.203 e. The van der Waals surface area contributed by atoms with Crippen molar-refractivity contribution in [2.24, 2.45) is 0 Å². The third-order valence-corrected chi connectivity index (χ3v) is 4.16. The first-order valence-electron chi connectivity index (χ1n) is 5.28. The van der Waals surface area contributed by atoms with E-state index in [0.717, 1.165) is 11.0 Å². The van der Waals surface area contributed by atoms with E-state index in [4.69, 9.17) is 0 Å². The van der Waals surface area contributed by atoms with E-state index >= 15 is 0 Å². The van der Waals surface area contributed by atoms with Crippen LogP contribution < -0.4 is 5.32 Å². The summed E-state index contributed by atoms with van der Waals surface area (Å²) < 4.78 is 4.43. The lowest BCUT2D eigenvalue weighted by atomic mass is 10.1. The van der Waals surface area contributed by atoms with Crippen molar-refractivity contribution in [3.8, 4) is 0 Å². The largest absolute Gasteiger partial charge is 0.356 e. The first-order chi connectivity index (χ1) is 7.04. The molecule has 2 rings (SSSR count). The van der Waals surface area contributed by atoms with Gasteiger partial charge in [-0.15, -0.1) is 0 Å². The second-order valence-electron chi connectivity index (χ2n) is 4.83. The molecule has 1 fully saturated rings. The maximum Gasteiger partial charge on any atom is 0.203 e. The molecule has 1 aromatic rings. The summed E-state index contributed by atoms with van der Waals surface area (Å²) in [6.07, 6.45) is 2.53. The molecule has 1 aromatic heterocycles. The normalized spacial score (nSPS) is 21.9. The molecule has 0 saturated carbocycles. The van der Waals surface area contributed by atoms with Crippen LogP contribution in [0.3, 0.4) is 0 Å². The number of hydrogen-bond acceptors (Lipinski definition) is 5. The standard InChI is InChI=1S/C10H17N3S2/c1-10(2,3)12-9-11-8(13-15-9)7-5-4-6-14-7/h7H,4-6H2,1-3H3,(H,11,12,13). The Hall–Kier alpha value is -0.290. The average Bonchev–Trinajstić information content (AvgIpc) is 2.68. The van der Waals surface area contributed by atoms with E-state index < -0.39 is 0 Å². The topological polar surface area (TPSA) is 37.8 Å². The third kappa shape index (κ3) is 3.08. The maximum absolute atomic E-state index is 4.55. The summed E-state index contributed by atoms with van der Waals surface area (Å²) in [6.45, 7) is 6.41. The van der Waals surface area contributed by atoms with Gasteiger partial charge in [0.25, 0.3) is 0 Å². The van der Waals surface area contributed by atoms with Gasteiger partial charge >= 0.3 is 0 Å². The molecule has 0 amide bonds. The van der Waals surface area contributed by atoms with Crippen molar-refractivity contribution in [1.29, 1.82) is 0 Å². The van der Waals surface area contributed by atoms with Crippen LogP contribution in [0.25, 0.3) is 0 Å². The zero-order valence-corrected chi connectivity index (χ0v) is 11.0. The van der Waals surface area contributed by atoms with Crippen molar-refractivity contribution in [3.63, 3.8) is 0 Å². The number of nitrogens with one attached hydrogen (secondary N) is 1. The summed E-state index contributed by atoms with van der Waals surface area (Å²) in [7, 11) is 0. The summed E-state index contributed by atoms with van der Waals surface area (Å²) >= 11 is 3.46. The fourth-order valence-corrected chi connectivity index (χ4v) is 3.63. The van der Waals surface area contributed by atoms with E-state index in [1.165, 1.54) is 30.1 Å². The minimum Gasteiger partial charge on any atom is -0.356 e. The molecule has 1 atom stereocenters. The molecule has 1 N–H and O–H groups in total. The fraction of sp³-hybridized carbons (Fsp3) is 0.800. The molecule has 15 heavy (non-hydrogen) atoms. The Morgan fingerprint density at radius 3 is 2.80 bits per heavy atom. The van der Waals surface area contributed by atoms with Crippen LogP contribution in [0.4, 0.5) is 5.13 Å². The van der Waals surface area contributed by atoms with Crippen LogP contribution >= 0.6 is 23.3 Å². The number of anilines is 1. The van der Waals surface area contributed by atoms with Crippen molar-refractivity contribution in [3.05, 3.63) is 5.82 Å². The van der Waals surface area contributed by atoms with E-state index in [1.807, 2.05) is 11.8 Å². The van der Waals surface area contributed by atoms with Gasteiger partial charge < -0.3 is 5.32 Å². The van der Waals surface area contributed by atoms with Gasteiger partial charge in [0.1, 0.15) is 0 Å². The lowest BCUT2D eigenvalue weighted by Gasteiger charge is -2.18. The van der Waals surface area contributed by atoms with Crippen molar-refractivity contribution < 1.29 is 0 Å². The zero-order chi connectivity index (χ0) is 10.9. The Kier molecular flexibility index (Phi) is 3.21. The number of hydrogen-bond donors (Lipinski definition) is 1. The Bertz CT molecular complexity index is 324. The Labute approximate surface area is 99.2 Å². The van der Waals surface area contributed by atoms with Gasteiger partial charge in [-0.25, -0.2) is 4.98 Å². The molecule has 3 nitrogen and oxygen atoms in total. The van der Waals surface area contributed by atoms with Crippen LogP contribution in [0.2, 0.25) is 0 Å². The Morgan fingerprint density at radius 2 is 2.20 bits per heavy atom. The second-order valence-corrected chi connectivity index (χ2v) is 6.90. The number of aromatic nitrogens is 2. The molecule has 84 valence electrons. The molecule has 0 aliphatic carbocycles. The van der Waals surface area contributed by atoms with Gasteiger partial charge in [0.05, 0.1) is 5.25 Å². The summed E-state index contributed by atoms with van der Waals surface area (Å²) in [5, 5.41) is 4.85. The summed E-state index contributed by atoms with van der Waals surface area (Å²) in [5.74, 6) is 2.28. The minimum atomic E-state index is 0.0691. The van der Waals surface area contributed by atoms with Crippen molar-refractivity contribution >= 4 is 28.4 Å². The maximum atomic E-state index is 4.55. The van der Waals surface area contributed by atoms with Crippen molar-refractivity contribution in [2.45, 2.75) is 44.4 Å². The fourth-order valence-electron chi connectivity index (χ4n) is 1.52. The monoisotopic (exact) mass is 243 g/mol. The van der Waals surface area contributed by atoms with E-state index in [-0.39, 0.29) is 5.54 Å². The van der Waals surface area contributed by atoms with Gasteiger partial charge in [0.2, 0.25) is 5.13 Å². The molecule has 2 heterocycles. The first kappa shape index (κ1) is 11.2. The van der Waals surface area contributed by atoms with Gasteiger partial charge in [0.15, 0.2) is 5.82 Å². The number of nitrogens with zero attached hydrogens (tertiary/aromatic N) is 2. The highest BCUT2D eigenvalue weighted by Crippen LogP contribution is 2.39. The van der Waals surface area contributed by atoms with E-state index in [0.29, 0.717) is 5.25 Å². The van der Waals surface area contributed by atoms with E-state index in [2.05, 4.69) is 35.4 Å².